The quantitative estimate of drug-likeness (QED) is 0.909. The molecule has 0 atom stereocenters. The summed E-state index contributed by atoms with van der Waals surface area (Å²) < 4.78 is 0. The van der Waals surface area contributed by atoms with Crippen molar-refractivity contribution in [1.82, 2.24) is 14.9 Å². The van der Waals surface area contributed by atoms with Crippen molar-refractivity contribution in [3.05, 3.63) is 63.8 Å². The Labute approximate surface area is 148 Å². The van der Waals surface area contributed by atoms with E-state index in [0.717, 1.165) is 24.1 Å². The first-order valence-corrected chi connectivity index (χ1v) is 9.01. The van der Waals surface area contributed by atoms with Gasteiger partial charge in [-0.25, -0.2) is 0 Å². The lowest BCUT2D eigenvalue weighted by molar-refractivity contribution is 0.0697. The highest BCUT2D eigenvalue weighted by atomic mass is 16.2. The minimum absolute atomic E-state index is 0.191. The van der Waals surface area contributed by atoms with E-state index in [1.165, 1.54) is 25.3 Å². The van der Waals surface area contributed by atoms with Crippen LogP contribution in [0.2, 0.25) is 0 Å². The van der Waals surface area contributed by atoms with Gasteiger partial charge in [-0.1, -0.05) is 19.3 Å². The van der Waals surface area contributed by atoms with Crippen LogP contribution < -0.4 is 5.43 Å². The Hall–Kier alpha value is -2.43. The molecule has 1 fully saturated rings. The number of nitrogens with one attached hydrogen (secondary N) is 1. The van der Waals surface area contributed by atoms with E-state index in [2.05, 4.69) is 9.97 Å². The molecule has 25 heavy (non-hydrogen) atoms. The van der Waals surface area contributed by atoms with Crippen LogP contribution in [0.4, 0.5) is 0 Å². The van der Waals surface area contributed by atoms with Crippen molar-refractivity contribution in [2.24, 2.45) is 5.92 Å². The summed E-state index contributed by atoms with van der Waals surface area (Å²) in [5, 5.41) is 0. The maximum atomic E-state index is 13.0. The molecule has 1 N–H and O–H groups in total. The summed E-state index contributed by atoms with van der Waals surface area (Å²) >= 11 is 0. The molecular formula is C20H25N3O2. The normalized spacial score (nSPS) is 15.1. The first-order valence-electron chi connectivity index (χ1n) is 9.01. The van der Waals surface area contributed by atoms with Crippen LogP contribution in [0.25, 0.3) is 0 Å². The highest BCUT2D eigenvalue weighted by Gasteiger charge is 2.23. The van der Waals surface area contributed by atoms with Crippen molar-refractivity contribution < 1.29 is 4.79 Å². The van der Waals surface area contributed by atoms with Crippen molar-refractivity contribution >= 4 is 5.91 Å². The lowest BCUT2D eigenvalue weighted by Gasteiger charge is -2.30. The summed E-state index contributed by atoms with van der Waals surface area (Å²) in [5.41, 5.74) is 1.79. The van der Waals surface area contributed by atoms with Gasteiger partial charge in [-0.3, -0.25) is 14.6 Å². The molecule has 1 aliphatic rings. The molecule has 0 radical (unpaired) electrons. The van der Waals surface area contributed by atoms with E-state index < -0.39 is 0 Å². The monoisotopic (exact) mass is 339 g/mol. The summed E-state index contributed by atoms with van der Waals surface area (Å²) in [4.78, 5) is 34.1. The number of aromatic nitrogens is 2. The molecule has 5 nitrogen and oxygen atoms in total. The van der Waals surface area contributed by atoms with Crippen LogP contribution in [0.5, 0.6) is 0 Å². The van der Waals surface area contributed by atoms with Crippen LogP contribution in [0, 0.1) is 12.8 Å². The molecule has 2 aromatic rings. The topological polar surface area (TPSA) is 66.1 Å². The van der Waals surface area contributed by atoms with Crippen LogP contribution >= 0.6 is 0 Å². The van der Waals surface area contributed by atoms with E-state index in [0.29, 0.717) is 19.0 Å². The lowest BCUT2D eigenvalue weighted by Crippen LogP contribution is -2.38. The number of aryl methyl sites for hydroxylation is 1. The number of nitrogens with zero attached hydrogens (tertiary/aromatic N) is 2. The Morgan fingerprint density at radius 2 is 1.96 bits per heavy atom. The summed E-state index contributed by atoms with van der Waals surface area (Å²) in [6.07, 6.45) is 11.1. The minimum Gasteiger partial charge on any atom is -0.364 e. The Bertz CT molecular complexity index is 764. The molecule has 0 aliphatic heterocycles. The molecule has 5 heteroatoms. The molecule has 0 saturated heterocycles. The molecule has 132 valence electrons. The molecule has 2 aromatic heterocycles. The first-order chi connectivity index (χ1) is 12.1. The van der Waals surface area contributed by atoms with E-state index in [-0.39, 0.29) is 16.9 Å². The van der Waals surface area contributed by atoms with Crippen molar-refractivity contribution in [1.29, 1.82) is 0 Å². The molecule has 0 unspecified atom stereocenters. The second-order valence-electron chi connectivity index (χ2n) is 6.94. The van der Waals surface area contributed by atoms with Gasteiger partial charge in [0.15, 0.2) is 5.43 Å². The SMILES string of the molecule is Cc1cc(=O)c(C(=O)N(Cc2ccncc2)CC2CCCCC2)c[nH]1. The standard InChI is InChI=1S/C20H25N3O2/c1-15-11-19(24)18(12-22-15)20(25)23(13-16-5-3-2-4-6-16)14-17-7-9-21-10-8-17/h7-12,16H,2-6,13-14H2,1H3,(H,22,24). The molecule has 1 aliphatic carbocycles. The third-order valence-corrected chi connectivity index (χ3v) is 4.90. The highest BCUT2D eigenvalue weighted by Crippen LogP contribution is 2.25. The van der Waals surface area contributed by atoms with Crippen LogP contribution in [0.15, 0.2) is 41.6 Å². The second-order valence-corrected chi connectivity index (χ2v) is 6.94. The van der Waals surface area contributed by atoms with Gasteiger partial charge in [0.05, 0.1) is 0 Å². The van der Waals surface area contributed by atoms with Gasteiger partial charge < -0.3 is 9.88 Å². The molecule has 0 aromatic carbocycles. The Morgan fingerprint density at radius 3 is 2.64 bits per heavy atom. The molecule has 1 saturated carbocycles. The number of pyridine rings is 2. The Morgan fingerprint density at radius 1 is 1.24 bits per heavy atom. The number of aromatic amines is 1. The molecular weight excluding hydrogens is 314 g/mol. The van der Waals surface area contributed by atoms with Crippen molar-refractivity contribution in [3.63, 3.8) is 0 Å². The number of amides is 1. The van der Waals surface area contributed by atoms with Crippen LogP contribution in [0.3, 0.4) is 0 Å². The fraction of sp³-hybridized carbons (Fsp3) is 0.450. The number of rotatable bonds is 5. The molecule has 0 spiro atoms. The van der Waals surface area contributed by atoms with E-state index in [1.54, 1.807) is 18.6 Å². The maximum absolute atomic E-state index is 13.0. The molecule has 2 heterocycles. The van der Waals surface area contributed by atoms with Gasteiger partial charge in [0.25, 0.3) is 5.91 Å². The average molecular weight is 339 g/mol. The van der Waals surface area contributed by atoms with E-state index in [1.807, 2.05) is 24.0 Å². The third-order valence-electron chi connectivity index (χ3n) is 4.90. The predicted molar refractivity (Wildman–Crippen MR) is 97.4 cm³/mol. The number of carbonyl (C=O) groups is 1. The van der Waals surface area contributed by atoms with Gasteiger partial charge in [0.2, 0.25) is 0 Å². The van der Waals surface area contributed by atoms with Gasteiger partial charge in [-0.05, 0) is 43.4 Å². The Kier molecular flexibility index (Phi) is 5.64. The zero-order valence-electron chi connectivity index (χ0n) is 14.7. The van der Waals surface area contributed by atoms with Crippen molar-refractivity contribution in [2.75, 3.05) is 6.54 Å². The lowest BCUT2D eigenvalue weighted by atomic mass is 9.88. The number of hydrogen-bond donors (Lipinski definition) is 1. The summed E-state index contributed by atoms with van der Waals surface area (Å²) in [6.45, 7) is 3.02. The van der Waals surface area contributed by atoms with Crippen LogP contribution in [0.1, 0.15) is 53.7 Å². The fourth-order valence-electron chi connectivity index (χ4n) is 3.52. The minimum atomic E-state index is -0.218. The van der Waals surface area contributed by atoms with Crippen molar-refractivity contribution in [3.8, 4) is 0 Å². The molecule has 3 rings (SSSR count). The average Bonchev–Trinajstić information content (AvgIpc) is 2.62. The summed E-state index contributed by atoms with van der Waals surface area (Å²) in [7, 11) is 0. The van der Waals surface area contributed by atoms with E-state index in [4.69, 9.17) is 0 Å². The van der Waals surface area contributed by atoms with Crippen LogP contribution in [-0.2, 0) is 6.54 Å². The highest BCUT2D eigenvalue weighted by molar-refractivity contribution is 5.93. The summed E-state index contributed by atoms with van der Waals surface area (Å²) in [6, 6.07) is 5.32. The van der Waals surface area contributed by atoms with E-state index >= 15 is 0 Å². The Balaban J connectivity index is 1.83. The fourth-order valence-corrected chi connectivity index (χ4v) is 3.52. The van der Waals surface area contributed by atoms with E-state index in [9.17, 15) is 9.59 Å². The van der Waals surface area contributed by atoms with Gasteiger partial charge >= 0.3 is 0 Å². The zero-order chi connectivity index (χ0) is 17.6. The smallest absolute Gasteiger partial charge is 0.259 e. The number of carbonyl (C=O) groups excluding carboxylic acids is 1. The van der Waals surface area contributed by atoms with Crippen LogP contribution in [-0.4, -0.2) is 27.3 Å². The van der Waals surface area contributed by atoms with Gasteiger partial charge in [-0.2, -0.15) is 0 Å². The van der Waals surface area contributed by atoms with Gasteiger partial charge in [0, 0.05) is 43.4 Å². The second kappa shape index (κ2) is 8.10. The molecule has 1 amide bonds. The summed E-state index contributed by atoms with van der Waals surface area (Å²) in [5.74, 6) is 0.327. The molecule has 0 bridgehead atoms. The van der Waals surface area contributed by atoms with Gasteiger partial charge in [0.1, 0.15) is 5.56 Å². The third kappa shape index (κ3) is 4.56. The maximum Gasteiger partial charge on any atom is 0.259 e. The number of hydrogen-bond acceptors (Lipinski definition) is 3. The number of H-pyrrole nitrogens is 1. The largest absolute Gasteiger partial charge is 0.364 e. The van der Waals surface area contributed by atoms with Crippen molar-refractivity contribution in [2.45, 2.75) is 45.6 Å². The van der Waals surface area contributed by atoms with Gasteiger partial charge in [-0.15, -0.1) is 0 Å². The zero-order valence-corrected chi connectivity index (χ0v) is 14.7. The predicted octanol–water partition coefficient (Wildman–Crippen LogP) is 3.30. The first kappa shape index (κ1) is 17.4.